The van der Waals surface area contributed by atoms with E-state index in [4.69, 9.17) is 11.6 Å². The van der Waals surface area contributed by atoms with Crippen molar-refractivity contribution in [2.45, 2.75) is 25.4 Å². The van der Waals surface area contributed by atoms with Crippen LogP contribution in [0, 0.1) is 0 Å². The van der Waals surface area contributed by atoms with E-state index in [9.17, 15) is 8.42 Å². The molecule has 1 N–H and O–H groups in total. The largest absolute Gasteiger partial charge is 0.297 e. The van der Waals surface area contributed by atoms with Gasteiger partial charge >= 0.3 is 0 Å². The molecule has 1 atom stereocenters. The molecule has 1 unspecified atom stereocenters. The fourth-order valence-corrected chi connectivity index (χ4v) is 4.18. The molecular formula is C11H17ClN2O2S2. The number of hydrogen-bond donors (Lipinski definition) is 1. The van der Waals surface area contributed by atoms with Crippen LogP contribution in [0.4, 0.5) is 0 Å². The molecule has 0 radical (unpaired) electrons. The molecule has 1 aromatic rings. The molecule has 0 bridgehead atoms. The molecule has 0 saturated carbocycles. The van der Waals surface area contributed by atoms with Crippen LogP contribution in [0.5, 0.6) is 0 Å². The third-order valence-electron chi connectivity index (χ3n) is 2.89. The lowest BCUT2D eigenvalue weighted by Crippen LogP contribution is -2.46. The lowest BCUT2D eigenvalue weighted by atomic mass is 10.1. The van der Waals surface area contributed by atoms with Crippen molar-refractivity contribution in [3.8, 4) is 0 Å². The van der Waals surface area contributed by atoms with E-state index in [1.807, 2.05) is 12.1 Å². The molecule has 0 spiro atoms. The van der Waals surface area contributed by atoms with E-state index < -0.39 is 10.0 Å². The summed E-state index contributed by atoms with van der Waals surface area (Å²) in [5.74, 6) is 0. The van der Waals surface area contributed by atoms with Gasteiger partial charge in [0.1, 0.15) is 0 Å². The van der Waals surface area contributed by atoms with E-state index in [0.29, 0.717) is 0 Å². The van der Waals surface area contributed by atoms with Crippen molar-refractivity contribution in [3.05, 3.63) is 21.3 Å². The maximum absolute atomic E-state index is 11.2. The summed E-state index contributed by atoms with van der Waals surface area (Å²) in [6.45, 7) is 2.62. The third kappa shape index (κ3) is 4.51. The summed E-state index contributed by atoms with van der Waals surface area (Å²) >= 11 is 7.48. The minimum atomic E-state index is -3.11. The van der Waals surface area contributed by atoms with Gasteiger partial charge in [0.2, 0.25) is 10.0 Å². The number of hydrogen-bond acceptors (Lipinski definition) is 4. The molecule has 1 aliphatic heterocycles. The highest BCUT2D eigenvalue weighted by Crippen LogP contribution is 2.24. The lowest BCUT2D eigenvalue weighted by Gasteiger charge is -2.32. The van der Waals surface area contributed by atoms with Gasteiger partial charge in [-0.25, -0.2) is 13.1 Å². The number of likely N-dealkylation sites (tertiary alicyclic amines) is 1. The van der Waals surface area contributed by atoms with E-state index in [0.717, 1.165) is 36.8 Å². The predicted molar refractivity (Wildman–Crippen MR) is 75.6 cm³/mol. The third-order valence-corrected chi connectivity index (χ3v) is 4.87. The quantitative estimate of drug-likeness (QED) is 0.924. The van der Waals surface area contributed by atoms with Gasteiger partial charge in [0.25, 0.3) is 0 Å². The second-order valence-corrected chi connectivity index (χ2v) is 8.25. The van der Waals surface area contributed by atoms with Gasteiger partial charge in [-0.15, -0.1) is 11.3 Å². The molecule has 102 valence electrons. The Hall–Kier alpha value is -0.140. The molecule has 2 rings (SSSR count). The van der Waals surface area contributed by atoms with Crippen molar-refractivity contribution in [2.75, 3.05) is 19.3 Å². The zero-order valence-corrected chi connectivity index (χ0v) is 12.6. The van der Waals surface area contributed by atoms with Crippen LogP contribution in [0.2, 0.25) is 4.34 Å². The van der Waals surface area contributed by atoms with E-state index in [2.05, 4.69) is 9.62 Å². The van der Waals surface area contributed by atoms with Gasteiger partial charge in [-0.3, -0.25) is 4.90 Å². The van der Waals surface area contributed by atoms with Crippen molar-refractivity contribution < 1.29 is 8.42 Å². The van der Waals surface area contributed by atoms with Crippen LogP contribution in [0.15, 0.2) is 12.1 Å². The number of piperidine rings is 1. The summed E-state index contributed by atoms with van der Waals surface area (Å²) in [7, 11) is -3.11. The van der Waals surface area contributed by atoms with Crippen LogP contribution in [-0.4, -0.2) is 38.7 Å². The zero-order chi connectivity index (χ0) is 13.2. The van der Waals surface area contributed by atoms with Crippen LogP contribution >= 0.6 is 22.9 Å². The van der Waals surface area contributed by atoms with Gasteiger partial charge in [-0.1, -0.05) is 11.6 Å². The SMILES string of the molecule is CS(=O)(=O)NC1CCCN(Cc2ccc(Cl)s2)C1. The van der Waals surface area contributed by atoms with E-state index in [1.54, 1.807) is 11.3 Å². The van der Waals surface area contributed by atoms with Gasteiger partial charge in [0, 0.05) is 24.0 Å². The van der Waals surface area contributed by atoms with Crippen molar-refractivity contribution in [1.29, 1.82) is 0 Å². The molecule has 1 aliphatic rings. The molecular weight excluding hydrogens is 292 g/mol. The molecule has 18 heavy (non-hydrogen) atoms. The maximum atomic E-state index is 11.2. The first-order valence-electron chi connectivity index (χ1n) is 5.86. The number of halogens is 1. The van der Waals surface area contributed by atoms with Gasteiger partial charge in [0.15, 0.2) is 0 Å². The average Bonchev–Trinajstić information content (AvgIpc) is 2.62. The van der Waals surface area contributed by atoms with E-state index in [1.165, 1.54) is 11.1 Å². The smallest absolute Gasteiger partial charge is 0.208 e. The molecule has 0 amide bonds. The summed E-state index contributed by atoms with van der Waals surface area (Å²) in [6, 6.07) is 3.96. The van der Waals surface area contributed by atoms with Crippen molar-refractivity contribution in [3.63, 3.8) is 0 Å². The number of nitrogens with one attached hydrogen (secondary N) is 1. The van der Waals surface area contributed by atoms with Crippen molar-refractivity contribution in [1.82, 2.24) is 9.62 Å². The molecule has 7 heteroatoms. The second-order valence-electron chi connectivity index (χ2n) is 4.67. The lowest BCUT2D eigenvalue weighted by molar-refractivity contribution is 0.196. The Morgan fingerprint density at radius 2 is 2.33 bits per heavy atom. The van der Waals surface area contributed by atoms with E-state index in [-0.39, 0.29) is 6.04 Å². The monoisotopic (exact) mass is 308 g/mol. The molecule has 4 nitrogen and oxygen atoms in total. The zero-order valence-electron chi connectivity index (χ0n) is 10.2. The fourth-order valence-electron chi connectivity index (χ4n) is 2.26. The Morgan fingerprint density at radius 3 is 2.94 bits per heavy atom. The standard InChI is InChI=1S/C11H17ClN2O2S2/c1-18(15,16)13-9-3-2-6-14(7-9)8-10-4-5-11(12)17-10/h4-5,9,13H,2-3,6-8H2,1H3. The molecule has 2 heterocycles. The Labute approximate surface area is 117 Å². The van der Waals surface area contributed by atoms with E-state index >= 15 is 0 Å². The number of sulfonamides is 1. The predicted octanol–water partition coefficient (Wildman–Crippen LogP) is 1.92. The van der Waals surface area contributed by atoms with Gasteiger partial charge in [-0.05, 0) is 31.5 Å². The van der Waals surface area contributed by atoms with Crippen LogP contribution in [0.3, 0.4) is 0 Å². The molecule has 1 fully saturated rings. The number of rotatable bonds is 4. The summed E-state index contributed by atoms with van der Waals surface area (Å²) in [5.41, 5.74) is 0. The molecule has 0 aliphatic carbocycles. The maximum Gasteiger partial charge on any atom is 0.208 e. The minimum Gasteiger partial charge on any atom is -0.297 e. The first kappa shape index (κ1) is 14.3. The molecule has 1 aromatic heterocycles. The topological polar surface area (TPSA) is 49.4 Å². The highest BCUT2D eigenvalue weighted by Gasteiger charge is 2.22. The van der Waals surface area contributed by atoms with Crippen molar-refractivity contribution in [2.24, 2.45) is 0 Å². The molecule has 0 aromatic carbocycles. The second kappa shape index (κ2) is 5.88. The Bertz CT molecular complexity index is 501. The Balaban J connectivity index is 1.90. The summed E-state index contributed by atoms with van der Waals surface area (Å²) < 4.78 is 25.9. The Morgan fingerprint density at radius 1 is 1.56 bits per heavy atom. The summed E-state index contributed by atoms with van der Waals surface area (Å²) in [6.07, 6.45) is 3.14. The number of nitrogens with zero attached hydrogens (tertiary/aromatic N) is 1. The Kier molecular flexibility index (Phi) is 4.66. The number of thiophene rings is 1. The van der Waals surface area contributed by atoms with Crippen LogP contribution < -0.4 is 4.72 Å². The highest BCUT2D eigenvalue weighted by molar-refractivity contribution is 7.88. The van der Waals surface area contributed by atoms with Crippen molar-refractivity contribution >= 4 is 33.0 Å². The van der Waals surface area contributed by atoms with Gasteiger partial charge in [0.05, 0.1) is 10.6 Å². The van der Waals surface area contributed by atoms with Crippen LogP contribution in [-0.2, 0) is 16.6 Å². The van der Waals surface area contributed by atoms with Gasteiger partial charge < -0.3 is 0 Å². The first-order chi connectivity index (χ1) is 8.42. The summed E-state index contributed by atoms with van der Waals surface area (Å²) in [4.78, 5) is 3.49. The summed E-state index contributed by atoms with van der Waals surface area (Å²) in [5, 5.41) is 0. The highest BCUT2D eigenvalue weighted by atomic mass is 35.5. The fraction of sp³-hybridized carbons (Fsp3) is 0.636. The minimum absolute atomic E-state index is 0.0317. The van der Waals surface area contributed by atoms with Crippen LogP contribution in [0.25, 0.3) is 0 Å². The average molecular weight is 309 g/mol. The normalized spacial score (nSPS) is 22.2. The molecule has 1 saturated heterocycles. The first-order valence-corrected chi connectivity index (χ1v) is 8.95. The van der Waals surface area contributed by atoms with Crippen LogP contribution in [0.1, 0.15) is 17.7 Å². The van der Waals surface area contributed by atoms with Gasteiger partial charge in [-0.2, -0.15) is 0 Å².